The van der Waals surface area contributed by atoms with E-state index in [2.05, 4.69) is 5.32 Å². The number of rotatable bonds is 6. The molecule has 116 valence electrons. The van der Waals surface area contributed by atoms with E-state index in [0.29, 0.717) is 11.1 Å². The molecule has 0 radical (unpaired) electrons. The second kappa shape index (κ2) is 6.53. The van der Waals surface area contributed by atoms with Crippen LogP contribution in [-0.2, 0) is 11.3 Å². The summed E-state index contributed by atoms with van der Waals surface area (Å²) in [7, 11) is 0. The van der Waals surface area contributed by atoms with E-state index in [0.717, 1.165) is 0 Å². The minimum absolute atomic E-state index is 0.0899. The number of nitrogens with zero attached hydrogens (tertiary/aromatic N) is 1. The molecule has 0 aromatic heterocycles. The van der Waals surface area contributed by atoms with Crippen LogP contribution in [-0.4, -0.2) is 28.7 Å². The third-order valence-corrected chi connectivity index (χ3v) is 2.97. The Bertz CT molecular complexity index is 546. The Morgan fingerprint density at radius 2 is 2.10 bits per heavy atom. The van der Waals surface area contributed by atoms with Gasteiger partial charge in [0.2, 0.25) is 0 Å². The number of halogens is 3. The highest BCUT2D eigenvalue weighted by molar-refractivity contribution is 5.71. The molecule has 0 spiro atoms. The first-order valence-electron chi connectivity index (χ1n) is 5.87. The maximum atomic E-state index is 12.4. The fraction of sp³-hybridized carbons (Fsp3) is 0.417. The smallest absolute Gasteiger partial charge is 0.403 e. The van der Waals surface area contributed by atoms with Crippen LogP contribution in [0.3, 0.4) is 0 Å². The van der Waals surface area contributed by atoms with Crippen molar-refractivity contribution in [3.63, 3.8) is 0 Å². The Labute approximate surface area is 117 Å². The number of aliphatic carboxylic acids is 1. The van der Waals surface area contributed by atoms with Crippen LogP contribution >= 0.6 is 0 Å². The zero-order valence-corrected chi connectivity index (χ0v) is 11.0. The molecule has 0 saturated heterocycles. The van der Waals surface area contributed by atoms with Gasteiger partial charge in [-0.15, -0.1) is 0 Å². The number of hydrogen-bond acceptors (Lipinski definition) is 4. The number of carboxylic acids is 1. The Morgan fingerprint density at radius 1 is 1.48 bits per heavy atom. The molecule has 1 atom stereocenters. The molecule has 0 saturated carbocycles. The summed E-state index contributed by atoms with van der Waals surface area (Å²) in [5.74, 6) is -4.48. The lowest BCUT2D eigenvalue weighted by molar-refractivity contribution is -0.385. The van der Waals surface area contributed by atoms with E-state index in [1.165, 1.54) is 25.1 Å². The third-order valence-electron chi connectivity index (χ3n) is 2.97. The first-order chi connectivity index (χ1) is 9.64. The summed E-state index contributed by atoms with van der Waals surface area (Å²) in [5.41, 5.74) is 0.629. The SMILES string of the molecule is Cc1c(CNCC(C(=O)O)C(F)(F)F)cccc1[N+](=O)[O-]. The Balaban J connectivity index is 2.74. The Kier molecular flexibility index (Phi) is 5.25. The highest BCUT2D eigenvalue weighted by atomic mass is 19.4. The largest absolute Gasteiger partial charge is 0.481 e. The van der Waals surface area contributed by atoms with Gasteiger partial charge in [-0.25, -0.2) is 0 Å². The number of nitrogens with one attached hydrogen (secondary N) is 1. The summed E-state index contributed by atoms with van der Waals surface area (Å²) in [4.78, 5) is 20.7. The molecule has 21 heavy (non-hydrogen) atoms. The van der Waals surface area contributed by atoms with Gasteiger partial charge in [0.15, 0.2) is 5.92 Å². The van der Waals surface area contributed by atoms with Gasteiger partial charge >= 0.3 is 12.1 Å². The van der Waals surface area contributed by atoms with Crippen LogP contribution in [0.4, 0.5) is 18.9 Å². The van der Waals surface area contributed by atoms with Crippen LogP contribution in [0.15, 0.2) is 18.2 Å². The molecular formula is C12H13F3N2O4. The molecule has 1 aromatic rings. The molecule has 0 fully saturated rings. The highest BCUT2D eigenvalue weighted by Gasteiger charge is 2.44. The van der Waals surface area contributed by atoms with Gasteiger partial charge < -0.3 is 10.4 Å². The van der Waals surface area contributed by atoms with E-state index < -0.39 is 29.5 Å². The molecule has 1 rings (SSSR count). The molecule has 1 unspecified atom stereocenters. The van der Waals surface area contributed by atoms with Gasteiger partial charge in [-0.3, -0.25) is 14.9 Å². The van der Waals surface area contributed by atoms with Crippen molar-refractivity contribution < 1.29 is 28.0 Å². The van der Waals surface area contributed by atoms with Crippen LogP contribution < -0.4 is 5.32 Å². The van der Waals surface area contributed by atoms with Crippen molar-refractivity contribution in [3.05, 3.63) is 39.4 Å². The normalized spacial score (nSPS) is 13.0. The summed E-state index contributed by atoms with van der Waals surface area (Å²) in [6.07, 6.45) is -4.85. The van der Waals surface area contributed by atoms with Crippen LogP contribution in [0, 0.1) is 23.0 Å². The number of hydrogen-bond donors (Lipinski definition) is 2. The Morgan fingerprint density at radius 3 is 2.57 bits per heavy atom. The van der Waals surface area contributed by atoms with E-state index in [4.69, 9.17) is 5.11 Å². The number of nitro benzene ring substituents is 1. The average molecular weight is 306 g/mol. The van der Waals surface area contributed by atoms with Crippen molar-refractivity contribution in [1.82, 2.24) is 5.32 Å². The van der Waals surface area contributed by atoms with Crippen LogP contribution in [0.25, 0.3) is 0 Å². The van der Waals surface area contributed by atoms with Gasteiger partial charge in [0, 0.05) is 24.7 Å². The molecule has 0 aliphatic heterocycles. The minimum Gasteiger partial charge on any atom is -0.481 e. The lowest BCUT2D eigenvalue weighted by atomic mass is 10.1. The topological polar surface area (TPSA) is 92.5 Å². The lowest BCUT2D eigenvalue weighted by Crippen LogP contribution is -2.38. The highest BCUT2D eigenvalue weighted by Crippen LogP contribution is 2.26. The lowest BCUT2D eigenvalue weighted by Gasteiger charge is -2.17. The molecule has 0 heterocycles. The van der Waals surface area contributed by atoms with Crippen LogP contribution in [0.2, 0.25) is 0 Å². The predicted molar refractivity (Wildman–Crippen MR) is 66.7 cm³/mol. The van der Waals surface area contributed by atoms with Gasteiger partial charge in [-0.2, -0.15) is 13.2 Å². The summed E-state index contributed by atoms with van der Waals surface area (Å²) >= 11 is 0. The van der Waals surface area contributed by atoms with Crippen LogP contribution in [0.1, 0.15) is 11.1 Å². The van der Waals surface area contributed by atoms with Crippen molar-refractivity contribution in [2.45, 2.75) is 19.6 Å². The second-order valence-electron chi connectivity index (χ2n) is 4.38. The minimum atomic E-state index is -4.85. The Hall–Kier alpha value is -2.16. The number of carbonyl (C=O) groups is 1. The molecule has 0 bridgehead atoms. The number of benzene rings is 1. The van der Waals surface area contributed by atoms with Gasteiger partial charge in [-0.1, -0.05) is 12.1 Å². The van der Waals surface area contributed by atoms with E-state index in [1.54, 1.807) is 0 Å². The van der Waals surface area contributed by atoms with E-state index in [9.17, 15) is 28.1 Å². The predicted octanol–water partition coefficient (Wildman–Crippen LogP) is 2.26. The fourth-order valence-corrected chi connectivity index (χ4v) is 1.75. The van der Waals surface area contributed by atoms with Gasteiger partial charge in [0.1, 0.15) is 0 Å². The molecule has 0 aliphatic carbocycles. The second-order valence-corrected chi connectivity index (χ2v) is 4.38. The molecule has 0 amide bonds. The van der Waals surface area contributed by atoms with E-state index in [-0.39, 0.29) is 12.2 Å². The fourth-order valence-electron chi connectivity index (χ4n) is 1.75. The zero-order chi connectivity index (χ0) is 16.2. The first-order valence-corrected chi connectivity index (χ1v) is 5.87. The average Bonchev–Trinajstić information content (AvgIpc) is 2.33. The number of nitro groups is 1. The molecule has 1 aromatic carbocycles. The standard InChI is InChI=1S/C12H13F3N2O4/c1-7-8(3-2-4-10(7)17(20)21)5-16-6-9(11(18)19)12(13,14)15/h2-4,9,16H,5-6H2,1H3,(H,18,19). The molecule has 0 aliphatic rings. The first kappa shape index (κ1) is 16.9. The van der Waals surface area contributed by atoms with Crippen molar-refractivity contribution in [2.24, 2.45) is 5.92 Å². The van der Waals surface area contributed by atoms with E-state index in [1.807, 2.05) is 0 Å². The van der Waals surface area contributed by atoms with Gasteiger partial charge in [-0.05, 0) is 12.5 Å². The van der Waals surface area contributed by atoms with Gasteiger partial charge in [0.05, 0.1) is 4.92 Å². The van der Waals surface area contributed by atoms with Gasteiger partial charge in [0.25, 0.3) is 5.69 Å². The third kappa shape index (κ3) is 4.42. The molecule has 9 heteroatoms. The summed E-state index contributed by atoms with van der Waals surface area (Å²) < 4.78 is 37.3. The van der Waals surface area contributed by atoms with Crippen molar-refractivity contribution in [2.75, 3.05) is 6.54 Å². The molecule has 6 nitrogen and oxygen atoms in total. The monoisotopic (exact) mass is 306 g/mol. The number of carboxylic acid groups (broad SMARTS) is 1. The molecule has 2 N–H and O–H groups in total. The zero-order valence-electron chi connectivity index (χ0n) is 11.0. The summed E-state index contributed by atoms with van der Waals surface area (Å²) in [5, 5.41) is 21.6. The maximum absolute atomic E-state index is 12.4. The molecular weight excluding hydrogens is 293 g/mol. The van der Waals surface area contributed by atoms with Crippen molar-refractivity contribution in [1.29, 1.82) is 0 Å². The quantitative estimate of drug-likeness (QED) is 0.621. The van der Waals surface area contributed by atoms with Crippen molar-refractivity contribution >= 4 is 11.7 Å². The van der Waals surface area contributed by atoms with Crippen LogP contribution in [0.5, 0.6) is 0 Å². The van der Waals surface area contributed by atoms with E-state index >= 15 is 0 Å². The number of alkyl halides is 3. The maximum Gasteiger partial charge on any atom is 0.403 e. The van der Waals surface area contributed by atoms with Crippen molar-refractivity contribution in [3.8, 4) is 0 Å². The summed E-state index contributed by atoms with van der Waals surface area (Å²) in [6.45, 7) is 0.585. The summed E-state index contributed by atoms with van der Waals surface area (Å²) in [6, 6.07) is 4.23.